The van der Waals surface area contributed by atoms with Crippen molar-refractivity contribution < 1.29 is 9.13 Å². The number of benzene rings is 1. The van der Waals surface area contributed by atoms with E-state index in [-0.39, 0.29) is 5.75 Å². The van der Waals surface area contributed by atoms with Gasteiger partial charge in [0.2, 0.25) is 0 Å². The van der Waals surface area contributed by atoms with Gasteiger partial charge in [-0.05, 0) is 24.7 Å². The number of nitrogens with one attached hydrogen (secondary N) is 1. The number of methoxy groups -OCH3 is 1. The van der Waals surface area contributed by atoms with Crippen LogP contribution in [0, 0.1) is 5.82 Å². The van der Waals surface area contributed by atoms with Gasteiger partial charge in [0.1, 0.15) is 16.7 Å². The van der Waals surface area contributed by atoms with Crippen LogP contribution in [0.4, 0.5) is 4.39 Å². The molecule has 18 heavy (non-hydrogen) atoms. The molecule has 1 aromatic carbocycles. The second kappa shape index (κ2) is 5.37. The molecule has 1 heterocycles. The van der Waals surface area contributed by atoms with E-state index in [9.17, 15) is 4.39 Å². The Kier molecular flexibility index (Phi) is 3.84. The summed E-state index contributed by atoms with van der Waals surface area (Å²) in [6, 6.07) is 4.58. The third kappa shape index (κ3) is 2.47. The SMILES string of the molecule is COc1ccc(-c2nc(CCN)[nH]c2Cl)cc1F. The molecule has 0 radical (unpaired) electrons. The molecule has 0 unspecified atom stereocenters. The number of halogens is 2. The predicted molar refractivity (Wildman–Crippen MR) is 68.3 cm³/mol. The van der Waals surface area contributed by atoms with Crippen molar-refractivity contribution in [2.75, 3.05) is 13.7 Å². The lowest BCUT2D eigenvalue weighted by Gasteiger charge is -2.03. The molecule has 0 saturated carbocycles. The number of nitrogens with zero attached hydrogens (tertiary/aromatic N) is 1. The molecule has 0 aliphatic rings. The highest BCUT2D eigenvalue weighted by atomic mass is 35.5. The van der Waals surface area contributed by atoms with Crippen molar-refractivity contribution >= 4 is 11.6 Å². The molecule has 0 saturated heterocycles. The maximum absolute atomic E-state index is 13.6. The first-order chi connectivity index (χ1) is 8.65. The molecule has 0 amide bonds. The summed E-state index contributed by atoms with van der Waals surface area (Å²) in [5, 5.41) is 0.378. The lowest BCUT2D eigenvalue weighted by Crippen LogP contribution is -2.03. The highest BCUT2D eigenvalue weighted by Gasteiger charge is 2.12. The second-order valence-corrected chi connectivity index (χ2v) is 4.11. The lowest BCUT2D eigenvalue weighted by atomic mass is 10.1. The number of nitrogens with two attached hydrogens (primary N) is 1. The highest BCUT2D eigenvalue weighted by molar-refractivity contribution is 6.31. The van der Waals surface area contributed by atoms with Gasteiger partial charge >= 0.3 is 0 Å². The number of hydrogen-bond acceptors (Lipinski definition) is 3. The molecule has 0 fully saturated rings. The van der Waals surface area contributed by atoms with Crippen molar-refractivity contribution in [1.29, 1.82) is 0 Å². The van der Waals surface area contributed by atoms with Crippen LogP contribution in [0.2, 0.25) is 5.15 Å². The van der Waals surface area contributed by atoms with Gasteiger partial charge in [-0.25, -0.2) is 9.37 Å². The summed E-state index contributed by atoms with van der Waals surface area (Å²) in [6.45, 7) is 0.472. The minimum absolute atomic E-state index is 0.188. The van der Waals surface area contributed by atoms with Crippen LogP contribution in [-0.2, 0) is 6.42 Å². The van der Waals surface area contributed by atoms with Crippen LogP contribution >= 0.6 is 11.6 Å². The van der Waals surface area contributed by atoms with Crippen molar-refractivity contribution in [3.05, 3.63) is 35.0 Å². The van der Waals surface area contributed by atoms with Gasteiger partial charge in [-0.2, -0.15) is 0 Å². The van der Waals surface area contributed by atoms with E-state index in [1.165, 1.54) is 19.2 Å². The molecule has 0 atom stereocenters. The van der Waals surface area contributed by atoms with Crippen molar-refractivity contribution in [2.24, 2.45) is 5.73 Å². The number of rotatable bonds is 4. The largest absolute Gasteiger partial charge is 0.494 e. The van der Waals surface area contributed by atoms with Crippen molar-refractivity contribution in [1.82, 2.24) is 9.97 Å². The molecule has 6 heteroatoms. The van der Waals surface area contributed by atoms with Crippen LogP contribution in [0.25, 0.3) is 11.3 Å². The van der Waals surface area contributed by atoms with Gasteiger partial charge in [0.25, 0.3) is 0 Å². The molecule has 1 aromatic heterocycles. The fraction of sp³-hybridized carbons (Fsp3) is 0.250. The number of ether oxygens (including phenoxy) is 1. The zero-order valence-electron chi connectivity index (χ0n) is 9.84. The third-order valence-electron chi connectivity index (χ3n) is 2.52. The summed E-state index contributed by atoms with van der Waals surface area (Å²) in [4.78, 5) is 7.20. The van der Waals surface area contributed by atoms with Crippen molar-refractivity contribution in [3.8, 4) is 17.0 Å². The molecule has 0 aliphatic heterocycles. The molecule has 0 bridgehead atoms. The molecular weight excluding hydrogens is 257 g/mol. The monoisotopic (exact) mass is 269 g/mol. The molecule has 96 valence electrons. The lowest BCUT2D eigenvalue weighted by molar-refractivity contribution is 0.386. The van der Waals surface area contributed by atoms with E-state index in [1.807, 2.05) is 0 Å². The van der Waals surface area contributed by atoms with E-state index < -0.39 is 5.82 Å². The zero-order valence-corrected chi connectivity index (χ0v) is 10.6. The van der Waals surface area contributed by atoms with Gasteiger partial charge in [-0.3, -0.25) is 0 Å². The van der Waals surface area contributed by atoms with E-state index >= 15 is 0 Å². The minimum atomic E-state index is -0.450. The number of aromatic nitrogens is 2. The molecule has 4 nitrogen and oxygen atoms in total. The number of aromatic amines is 1. The summed E-state index contributed by atoms with van der Waals surface area (Å²) in [5.41, 5.74) is 6.55. The van der Waals surface area contributed by atoms with Crippen molar-refractivity contribution in [3.63, 3.8) is 0 Å². The quantitative estimate of drug-likeness (QED) is 0.896. The summed E-state index contributed by atoms with van der Waals surface area (Å²) < 4.78 is 18.5. The fourth-order valence-electron chi connectivity index (χ4n) is 1.66. The maximum atomic E-state index is 13.6. The van der Waals surface area contributed by atoms with Crippen LogP contribution in [0.1, 0.15) is 5.82 Å². The molecule has 2 rings (SSSR count). The standard InChI is InChI=1S/C12H13ClFN3O/c1-18-9-3-2-7(6-8(9)14)11-12(13)17-10(16-11)4-5-15/h2-3,6H,4-5,15H2,1H3,(H,16,17). The van der Waals surface area contributed by atoms with E-state index in [2.05, 4.69) is 9.97 Å². The van der Waals surface area contributed by atoms with Crippen LogP contribution in [0.15, 0.2) is 18.2 Å². The summed E-state index contributed by atoms with van der Waals surface area (Å²) >= 11 is 6.03. The Morgan fingerprint density at radius 1 is 1.50 bits per heavy atom. The summed E-state index contributed by atoms with van der Waals surface area (Å²) in [5.74, 6) is 0.427. The Balaban J connectivity index is 2.39. The molecule has 0 aliphatic carbocycles. The minimum Gasteiger partial charge on any atom is -0.494 e. The number of imidazole rings is 1. The summed E-state index contributed by atoms with van der Waals surface area (Å²) in [6.07, 6.45) is 0.596. The average molecular weight is 270 g/mol. The van der Waals surface area contributed by atoms with Gasteiger partial charge in [0.05, 0.1) is 7.11 Å². The Hall–Kier alpha value is -1.59. The van der Waals surface area contributed by atoms with Gasteiger partial charge < -0.3 is 15.5 Å². The van der Waals surface area contributed by atoms with Crippen molar-refractivity contribution in [2.45, 2.75) is 6.42 Å². The Bertz CT molecular complexity index is 556. The van der Waals surface area contributed by atoms with E-state index in [1.54, 1.807) is 6.07 Å². The Morgan fingerprint density at radius 3 is 2.89 bits per heavy atom. The molecule has 2 aromatic rings. The van der Waals surface area contributed by atoms with Gasteiger partial charge in [-0.15, -0.1) is 0 Å². The zero-order chi connectivity index (χ0) is 13.1. The smallest absolute Gasteiger partial charge is 0.165 e. The van der Waals surface area contributed by atoms with E-state index in [4.69, 9.17) is 22.1 Å². The second-order valence-electron chi connectivity index (χ2n) is 3.73. The molecule has 3 N–H and O–H groups in total. The first-order valence-corrected chi connectivity index (χ1v) is 5.82. The predicted octanol–water partition coefficient (Wildman–Crippen LogP) is 2.38. The first kappa shape index (κ1) is 12.9. The van der Waals surface area contributed by atoms with Gasteiger partial charge in [-0.1, -0.05) is 11.6 Å². The number of H-pyrrole nitrogens is 1. The van der Waals surface area contributed by atoms with E-state index in [0.717, 1.165) is 0 Å². The molecular formula is C12H13ClFN3O. The van der Waals surface area contributed by atoms with Crippen LogP contribution in [0.5, 0.6) is 5.75 Å². The van der Waals surface area contributed by atoms with Gasteiger partial charge in [0.15, 0.2) is 11.6 Å². The van der Waals surface area contributed by atoms with E-state index in [0.29, 0.717) is 35.2 Å². The fourth-order valence-corrected chi connectivity index (χ4v) is 1.92. The van der Waals surface area contributed by atoms with Gasteiger partial charge in [0, 0.05) is 12.0 Å². The van der Waals surface area contributed by atoms with Crippen LogP contribution < -0.4 is 10.5 Å². The summed E-state index contributed by atoms with van der Waals surface area (Å²) in [7, 11) is 1.42. The molecule has 0 spiro atoms. The highest BCUT2D eigenvalue weighted by Crippen LogP contribution is 2.29. The Labute approximate surface area is 109 Å². The number of hydrogen-bond donors (Lipinski definition) is 2. The topological polar surface area (TPSA) is 63.9 Å². The first-order valence-electron chi connectivity index (χ1n) is 5.44. The van der Waals surface area contributed by atoms with Crippen LogP contribution in [-0.4, -0.2) is 23.6 Å². The normalized spacial score (nSPS) is 10.7. The van der Waals surface area contributed by atoms with Crippen LogP contribution in [0.3, 0.4) is 0 Å². The maximum Gasteiger partial charge on any atom is 0.165 e. The Morgan fingerprint density at radius 2 is 2.28 bits per heavy atom. The average Bonchev–Trinajstić information content (AvgIpc) is 2.71. The third-order valence-corrected chi connectivity index (χ3v) is 2.79.